The molecule has 9 heteroatoms. The first-order chi connectivity index (χ1) is 11.1. The zero-order chi connectivity index (χ0) is 16.3. The molecule has 0 bridgehead atoms. The lowest BCUT2D eigenvalue weighted by molar-refractivity contribution is -0.116. The number of carbonyl (C=O) groups is 1. The lowest BCUT2D eigenvalue weighted by Crippen LogP contribution is -2.42. The van der Waals surface area contributed by atoms with Gasteiger partial charge >= 0.3 is 0 Å². The highest BCUT2D eigenvalue weighted by molar-refractivity contribution is 7.99. The Morgan fingerprint density at radius 2 is 2.13 bits per heavy atom. The second-order valence-corrected chi connectivity index (χ2v) is 8.43. The van der Waals surface area contributed by atoms with Crippen molar-refractivity contribution in [3.8, 4) is 0 Å². The maximum absolute atomic E-state index is 12.7. The van der Waals surface area contributed by atoms with E-state index in [0.29, 0.717) is 11.6 Å². The van der Waals surface area contributed by atoms with Crippen molar-refractivity contribution in [1.29, 1.82) is 0 Å². The molecule has 1 N–H and O–H groups in total. The number of benzene rings is 1. The maximum atomic E-state index is 12.7. The second-order valence-electron chi connectivity index (χ2n) is 5.24. The van der Waals surface area contributed by atoms with E-state index in [1.54, 1.807) is 4.90 Å². The molecule has 1 aromatic heterocycles. The summed E-state index contributed by atoms with van der Waals surface area (Å²) in [5.74, 6) is 0.171. The van der Waals surface area contributed by atoms with E-state index < -0.39 is 9.84 Å². The summed E-state index contributed by atoms with van der Waals surface area (Å²) in [6, 6.07) is 8.86. The van der Waals surface area contributed by atoms with Gasteiger partial charge in [-0.05, 0) is 18.6 Å². The number of H-pyrrole nitrogens is 1. The van der Waals surface area contributed by atoms with Crippen LogP contribution in [0.5, 0.6) is 0 Å². The molecule has 1 atom stereocenters. The zero-order valence-electron chi connectivity index (χ0n) is 12.3. The molecule has 1 fully saturated rings. The Morgan fingerprint density at radius 1 is 1.35 bits per heavy atom. The van der Waals surface area contributed by atoms with Crippen LogP contribution in [0.4, 0.5) is 5.69 Å². The number of thioether (sulfide) groups is 1. The molecule has 1 aromatic carbocycles. The van der Waals surface area contributed by atoms with Gasteiger partial charge in [-0.15, -0.1) is 0 Å². The maximum Gasteiger partial charge on any atom is 0.237 e. The first kappa shape index (κ1) is 16.0. The number of aromatic nitrogens is 3. The van der Waals surface area contributed by atoms with E-state index in [4.69, 9.17) is 0 Å². The molecule has 0 radical (unpaired) electrons. The van der Waals surface area contributed by atoms with Gasteiger partial charge in [-0.2, -0.15) is 5.10 Å². The van der Waals surface area contributed by atoms with Crippen LogP contribution in [-0.4, -0.2) is 52.8 Å². The summed E-state index contributed by atoms with van der Waals surface area (Å²) in [6.45, 7) is 0. The van der Waals surface area contributed by atoms with Crippen LogP contribution in [0.15, 0.2) is 41.8 Å². The molecule has 122 valence electrons. The number of aromatic amines is 1. The first-order valence-corrected chi connectivity index (χ1v) is 9.91. The van der Waals surface area contributed by atoms with E-state index in [0.717, 1.165) is 5.69 Å². The van der Waals surface area contributed by atoms with Crippen LogP contribution in [0.3, 0.4) is 0 Å². The summed E-state index contributed by atoms with van der Waals surface area (Å²) in [5.41, 5.74) is 0.720. The summed E-state index contributed by atoms with van der Waals surface area (Å²) in [4.78, 5) is 18.3. The van der Waals surface area contributed by atoms with Crippen LogP contribution in [0.2, 0.25) is 0 Å². The highest BCUT2D eigenvalue weighted by Crippen LogP contribution is 2.26. The third-order valence-corrected chi connectivity index (χ3v) is 6.21. The second kappa shape index (κ2) is 6.71. The molecular weight excluding hydrogens is 336 g/mol. The largest absolute Gasteiger partial charge is 0.308 e. The Morgan fingerprint density at radius 3 is 2.74 bits per heavy atom. The fraction of sp³-hybridized carbons (Fsp3) is 0.357. The molecular formula is C14H16N4O3S2. The van der Waals surface area contributed by atoms with Gasteiger partial charge in [0.1, 0.15) is 6.33 Å². The van der Waals surface area contributed by atoms with Gasteiger partial charge in [0.15, 0.2) is 15.0 Å². The quantitative estimate of drug-likeness (QED) is 0.810. The summed E-state index contributed by atoms with van der Waals surface area (Å²) >= 11 is 1.25. The van der Waals surface area contributed by atoms with Gasteiger partial charge in [-0.25, -0.2) is 13.4 Å². The van der Waals surface area contributed by atoms with E-state index in [2.05, 4.69) is 15.2 Å². The topological polar surface area (TPSA) is 96.0 Å². The third-order valence-electron chi connectivity index (χ3n) is 3.60. The van der Waals surface area contributed by atoms with E-state index in [-0.39, 0.29) is 29.2 Å². The number of sulfone groups is 1. The van der Waals surface area contributed by atoms with Gasteiger partial charge in [0.25, 0.3) is 0 Å². The van der Waals surface area contributed by atoms with E-state index in [1.807, 2.05) is 30.3 Å². The molecule has 7 nitrogen and oxygen atoms in total. The van der Waals surface area contributed by atoms with Crippen molar-refractivity contribution in [2.45, 2.75) is 17.6 Å². The average molecular weight is 352 g/mol. The van der Waals surface area contributed by atoms with Crippen LogP contribution in [-0.2, 0) is 14.6 Å². The fourth-order valence-electron chi connectivity index (χ4n) is 2.59. The van der Waals surface area contributed by atoms with Crippen molar-refractivity contribution < 1.29 is 13.2 Å². The molecule has 0 spiro atoms. The van der Waals surface area contributed by atoms with Crippen LogP contribution in [0.25, 0.3) is 0 Å². The average Bonchev–Trinajstić information content (AvgIpc) is 3.16. The minimum Gasteiger partial charge on any atom is -0.308 e. The van der Waals surface area contributed by atoms with Gasteiger partial charge in [-0.1, -0.05) is 30.0 Å². The highest BCUT2D eigenvalue weighted by atomic mass is 32.2. The Bertz CT molecular complexity index is 763. The normalized spacial score (nSPS) is 19.6. The summed E-state index contributed by atoms with van der Waals surface area (Å²) in [6.07, 6.45) is 1.85. The molecule has 0 aliphatic carbocycles. The molecule has 2 heterocycles. The molecule has 2 aromatic rings. The van der Waals surface area contributed by atoms with E-state index >= 15 is 0 Å². The lowest BCUT2D eigenvalue weighted by atomic mass is 10.2. The molecule has 1 saturated heterocycles. The van der Waals surface area contributed by atoms with Gasteiger partial charge in [-0.3, -0.25) is 9.89 Å². The SMILES string of the molecule is O=C(CSc1ncn[nH]1)N(c1ccccc1)[C@H]1CCS(=O)(=O)C1. The molecule has 1 aliphatic heterocycles. The van der Waals surface area contributed by atoms with Crippen LogP contribution in [0.1, 0.15) is 6.42 Å². The molecule has 1 aliphatic rings. The minimum absolute atomic E-state index is 0.0145. The van der Waals surface area contributed by atoms with Gasteiger partial charge in [0, 0.05) is 5.69 Å². The van der Waals surface area contributed by atoms with Crippen molar-refractivity contribution in [3.05, 3.63) is 36.7 Å². The third kappa shape index (κ3) is 3.91. The Hall–Kier alpha value is -1.87. The van der Waals surface area contributed by atoms with Gasteiger partial charge < -0.3 is 4.90 Å². The molecule has 3 rings (SSSR count). The number of nitrogens with zero attached hydrogens (tertiary/aromatic N) is 3. The van der Waals surface area contributed by atoms with Crippen LogP contribution in [0, 0.1) is 0 Å². The molecule has 0 unspecified atom stereocenters. The number of hydrogen-bond donors (Lipinski definition) is 1. The van der Waals surface area contributed by atoms with E-state index in [9.17, 15) is 13.2 Å². The summed E-state index contributed by atoms with van der Waals surface area (Å²) in [7, 11) is -3.07. The first-order valence-electron chi connectivity index (χ1n) is 7.11. The van der Waals surface area contributed by atoms with Crippen molar-refractivity contribution in [1.82, 2.24) is 15.2 Å². The monoisotopic (exact) mass is 352 g/mol. The number of amides is 1. The number of carbonyl (C=O) groups excluding carboxylic acids is 1. The molecule has 0 saturated carbocycles. The fourth-order valence-corrected chi connectivity index (χ4v) is 4.93. The predicted molar refractivity (Wildman–Crippen MR) is 88.1 cm³/mol. The smallest absolute Gasteiger partial charge is 0.237 e. The molecule has 1 amide bonds. The molecule has 23 heavy (non-hydrogen) atoms. The number of nitrogens with one attached hydrogen (secondary N) is 1. The van der Waals surface area contributed by atoms with Gasteiger partial charge in [0.05, 0.1) is 23.3 Å². The number of para-hydroxylation sites is 1. The summed E-state index contributed by atoms with van der Waals surface area (Å²) < 4.78 is 23.6. The van der Waals surface area contributed by atoms with Crippen molar-refractivity contribution in [2.75, 3.05) is 22.2 Å². The Labute approximate surface area is 138 Å². The number of hydrogen-bond acceptors (Lipinski definition) is 6. The van der Waals surface area contributed by atoms with Gasteiger partial charge in [0.2, 0.25) is 5.91 Å². The van der Waals surface area contributed by atoms with Crippen molar-refractivity contribution >= 4 is 33.2 Å². The zero-order valence-corrected chi connectivity index (χ0v) is 13.9. The lowest BCUT2D eigenvalue weighted by Gasteiger charge is -2.28. The Kier molecular flexibility index (Phi) is 4.67. The van der Waals surface area contributed by atoms with Crippen LogP contribution >= 0.6 is 11.8 Å². The van der Waals surface area contributed by atoms with Crippen molar-refractivity contribution in [3.63, 3.8) is 0 Å². The van der Waals surface area contributed by atoms with Crippen molar-refractivity contribution in [2.24, 2.45) is 0 Å². The minimum atomic E-state index is -3.07. The predicted octanol–water partition coefficient (Wildman–Crippen LogP) is 1.12. The summed E-state index contributed by atoms with van der Waals surface area (Å²) in [5, 5.41) is 6.99. The van der Waals surface area contributed by atoms with E-state index in [1.165, 1.54) is 18.1 Å². The standard InChI is InChI=1S/C14H16N4O3S2/c19-13(8-22-14-15-10-16-17-14)18(11-4-2-1-3-5-11)12-6-7-23(20,21)9-12/h1-5,10,12H,6-9H2,(H,15,16,17)/t12-/m0/s1. The number of anilines is 1. The van der Waals surface area contributed by atoms with Crippen LogP contribution < -0.4 is 4.90 Å². The highest BCUT2D eigenvalue weighted by Gasteiger charge is 2.35. The Balaban J connectivity index is 1.79. The number of rotatable bonds is 5.